The van der Waals surface area contributed by atoms with Crippen molar-refractivity contribution in [1.29, 1.82) is 0 Å². The number of rotatable bonds is 4. The molecule has 1 N–H and O–H groups in total. The van der Waals surface area contributed by atoms with Crippen LogP contribution in [0.5, 0.6) is 5.75 Å². The molecular weight excluding hydrogens is 281 g/mol. The Morgan fingerprint density at radius 3 is 2.21 bits per heavy atom. The molecule has 1 unspecified atom stereocenters. The second-order valence-corrected chi connectivity index (χ2v) is 5.38. The summed E-state index contributed by atoms with van der Waals surface area (Å²) in [6.45, 7) is 0.675. The lowest BCUT2D eigenvalue weighted by atomic mass is 10.1. The van der Waals surface area contributed by atoms with Gasteiger partial charge < -0.3 is 10.0 Å². The third-order valence-corrected chi connectivity index (χ3v) is 3.60. The van der Waals surface area contributed by atoms with E-state index in [0.29, 0.717) is 11.6 Å². The molecule has 0 radical (unpaired) electrons. The van der Waals surface area contributed by atoms with E-state index in [0.717, 1.165) is 11.3 Å². The molecule has 0 bridgehead atoms. The zero-order valence-corrected chi connectivity index (χ0v) is 12.1. The summed E-state index contributed by atoms with van der Waals surface area (Å²) >= 11 is 12.3. The Morgan fingerprint density at radius 2 is 1.63 bits per heavy atom. The molecule has 0 heterocycles. The Hall–Kier alpha value is -1.38. The highest BCUT2D eigenvalue weighted by atomic mass is 35.5. The quantitative estimate of drug-likeness (QED) is 0.842. The second kappa shape index (κ2) is 6.18. The highest BCUT2D eigenvalue weighted by Crippen LogP contribution is 2.25. The average Bonchev–Trinajstić information content (AvgIpc) is 2.40. The van der Waals surface area contributed by atoms with Gasteiger partial charge in [-0.05, 0) is 42.0 Å². The second-order valence-electron chi connectivity index (χ2n) is 4.42. The fourth-order valence-electron chi connectivity index (χ4n) is 1.83. The third-order valence-electron chi connectivity index (χ3n) is 2.96. The molecule has 1 atom stereocenters. The van der Waals surface area contributed by atoms with Gasteiger partial charge in [0.25, 0.3) is 0 Å². The van der Waals surface area contributed by atoms with Crippen LogP contribution in [0, 0.1) is 0 Å². The van der Waals surface area contributed by atoms with Crippen LogP contribution in [0.4, 0.5) is 5.69 Å². The van der Waals surface area contributed by atoms with E-state index >= 15 is 0 Å². The van der Waals surface area contributed by atoms with Crippen molar-refractivity contribution < 1.29 is 5.11 Å². The van der Waals surface area contributed by atoms with Gasteiger partial charge in [-0.2, -0.15) is 0 Å². The normalized spacial score (nSPS) is 12.2. The van der Waals surface area contributed by atoms with Crippen molar-refractivity contribution in [1.82, 2.24) is 0 Å². The van der Waals surface area contributed by atoms with Crippen LogP contribution in [-0.2, 0) is 0 Å². The Bertz CT molecular complexity index is 475. The molecule has 0 saturated heterocycles. The Labute approximate surface area is 123 Å². The molecule has 4 heteroatoms. The van der Waals surface area contributed by atoms with Crippen LogP contribution in [0.2, 0.25) is 5.02 Å². The topological polar surface area (TPSA) is 23.5 Å². The lowest BCUT2D eigenvalue weighted by molar-refractivity contribution is 0.475. The summed E-state index contributed by atoms with van der Waals surface area (Å²) < 4.78 is 0. The first-order valence-corrected chi connectivity index (χ1v) is 6.77. The predicted molar refractivity (Wildman–Crippen MR) is 81.4 cm³/mol. The van der Waals surface area contributed by atoms with Gasteiger partial charge in [0, 0.05) is 24.3 Å². The fraction of sp³-hybridized carbons (Fsp3) is 0.200. The van der Waals surface area contributed by atoms with Crippen LogP contribution in [0.25, 0.3) is 0 Å². The predicted octanol–water partition coefficient (Wildman–Crippen LogP) is 4.46. The standard InChI is InChI=1S/C15H15Cl2NO/c1-18(13-6-8-14(19)9-7-13)10-15(17)11-2-4-12(16)5-3-11/h2-9,15,19H,10H2,1H3. The number of alkyl halides is 1. The summed E-state index contributed by atoms with van der Waals surface area (Å²) in [5.74, 6) is 0.261. The molecule has 2 nitrogen and oxygen atoms in total. The average molecular weight is 296 g/mol. The van der Waals surface area contributed by atoms with Gasteiger partial charge in [0.1, 0.15) is 5.75 Å². The summed E-state index contributed by atoms with van der Waals surface area (Å²) in [6.07, 6.45) is 0. The lowest BCUT2D eigenvalue weighted by Gasteiger charge is -2.22. The monoisotopic (exact) mass is 295 g/mol. The van der Waals surface area contributed by atoms with Crippen LogP contribution < -0.4 is 4.90 Å². The highest BCUT2D eigenvalue weighted by molar-refractivity contribution is 6.30. The van der Waals surface area contributed by atoms with Crippen molar-refractivity contribution >= 4 is 28.9 Å². The van der Waals surface area contributed by atoms with Gasteiger partial charge in [-0.1, -0.05) is 23.7 Å². The van der Waals surface area contributed by atoms with Gasteiger partial charge >= 0.3 is 0 Å². The molecule has 0 saturated carbocycles. The SMILES string of the molecule is CN(CC(Cl)c1ccc(Cl)cc1)c1ccc(O)cc1. The van der Waals surface area contributed by atoms with Crippen molar-refractivity contribution in [2.75, 3.05) is 18.5 Å². The number of halogens is 2. The Balaban J connectivity index is 2.03. The molecule has 0 fully saturated rings. The maximum absolute atomic E-state index is 9.27. The van der Waals surface area contributed by atoms with Gasteiger partial charge in [0.2, 0.25) is 0 Å². The van der Waals surface area contributed by atoms with Crippen molar-refractivity contribution in [3.8, 4) is 5.75 Å². The number of aromatic hydroxyl groups is 1. The molecule has 0 aromatic heterocycles. The van der Waals surface area contributed by atoms with Gasteiger partial charge in [-0.3, -0.25) is 0 Å². The maximum Gasteiger partial charge on any atom is 0.115 e. The summed E-state index contributed by atoms with van der Waals surface area (Å²) in [7, 11) is 1.97. The molecule has 0 aliphatic rings. The molecule has 19 heavy (non-hydrogen) atoms. The minimum Gasteiger partial charge on any atom is -0.508 e. The molecule has 0 aliphatic carbocycles. The van der Waals surface area contributed by atoms with E-state index < -0.39 is 0 Å². The summed E-state index contributed by atoms with van der Waals surface area (Å²) in [5, 5.41) is 9.86. The molecule has 100 valence electrons. The molecule has 2 aromatic carbocycles. The number of likely N-dealkylation sites (N-methyl/N-ethyl adjacent to an activating group) is 1. The smallest absolute Gasteiger partial charge is 0.115 e. The van der Waals surface area contributed by atoms with E-state index in [4.69, 9.17) is 23.2 Å². The first kappa shape index (κ1) is 14.0. The number of benzene rings is 2. The number of nitrogens with zero attached hydrogens (tertiary/aromatic N) is 1. The van der Waals surface area contributed by atoms with Crippen molar-refractivity contribution in [2.45, 2.75) is 5.38 Å². The van der Waals surface area contributed by atoms with E-state index in [1.807, 2.05) is 48.3 Å². The van der Waals surface area contributed by atoms with Crippen LogP contribution in [-0.4, -0.2) is 18.7 Å². The zero-order valence-electron chi connectivity index (χ0n) is 10.6. The third kappa shape index (κ3) is 3.79. The van der Waals surface area contributed by atoms with E-state index in [9.17, 15) is 5.11 Å². The largest absolute Gasteiger partial charge is 0.508 e. The summed E-state index contributed by atoms with van der Waals surface area (Å²) in [4.78, 5) is 2.05. The van der Waals surface area contributed by atoms with Crippen molar-refractivity contribution in [2.24, 2.45) is 0 Å². The number of hydrogen-bond donors (Lipinski definition) is 1. The van der Waals surface area contributed by atoms with E-state index in [-0.39, 0.29) is 11.1 Å². The van der Waals surface area contributed by atoms with Crippen LogP contribution in [0.15, 0.2) is 48.5 Å². The molecular formula is C15H15Cl2NO. The minimum atomic E-state index is -0.115. The van der Waals surface area contributed by atoms with E-state index in [2.05, 4.69) is 0 Å². The number of hydrogen-bond acceptors (Lipinski definition) is 2. The molecule has 2 aromatic rings. The zero-order chi connectivity index (χ0) is 13.8. The highest BCUT2D eigenvalue weighted by Gasteiger charge is 2.11. The summed E-state index contributed by atoms with van der Waals surface area (Å²) in [6, 6.07) is 14.6. The van der Waals surface area contributed by atoms with Gasteiger partial charge in [-0.25, -0.2) is 0 Å². The molecule has 0 amide bonds. The number of anilines is 1. The van der Waals surface area contributed by atoms with Gasteiger partial charge in [0.15, 0.2) is 0 Å². The van der Waals surface area contributed by atoms with Crippen molar-refractivity contribution in [3.63, 3.8) is 0 Å². The van der Waals surface area contributed by atoms with Crippen molar-refractivity contribution in [3.05, 3.63) is 59.1 Å². The number of phenols is 1. The molecule has 2 rings (SSSR count). The summed E-state index contributed by atoms with van der Waals surface area (Å²) in [5.41, 5.74) is 2.05. The van der Waals surface area contributed by atoms with E-state index in [1.165, 1.54) is 0 Å². The first-order valence-electron chi connectivity index (χ1n) is 5.96. The number of phenolic OH excluding ortho intramolecular Hbond substituents is 1. The first-order chi connectivity index (χ1) is 9.06. The van der Waals surface area contributed by atoms with Crippen LogP contribution >= 0.6 is 23.2 Å². The lowest BCUT2D eigenvalue weighted by Crippen LogP contribution is -2.21. The molecule has 0 aliphatic heterocycles. The molecule has 0 spiro atoms. The Morgan fingerprint density at radius 1 is 1.05 bits per heavy atom. The van der Waals surface area contributed by atoms with Crippen LogP contribution in [0.1, 0.15) is 10.9 Å². The fourth-order valence-corrected chi connectivity index (χ4v) is 2.31. The minimum absolute atomic E-state index is 0.115. The maximum atomic E-state index is 9.27. The van der Waals surface area contributed by atoms with Gasteiger partial charge in [0.05, 0.1) is 5.38 Å². The van der Waals surface area contributed by atoms with E-state index in [1.54, 1.807) is 12.1 Å². The van der Waals surface area contributed by atoms with Gasteiger partial charge in [-0.15, -0.1) is 11.6 Å². The Kier molecular flexibility index (Phi) is 4.56. The van der Waals surface area contributed by atoms with Crippen LogP contribution in [0.3, 0.4) is 0 Å².